The number of rotatable bonds is 5. The fourth-order valence-corrected chi connectivity index (χ4v) is 4.04. The minimum absolute atomic E-state index is 0.289. The molecule has 2 aromatic rings. The Morgan fingerprint density at radius 3 is 2.81 bits per heavy atom. The Morgan fingerprint density at radius 1 is 1.26 bits per heavy atom. The number of hydrogen-bond acceptors (Lipinski definition) is 9. The molecule has 2 N–H and O–H groups in total. The van der Waals surface area contributed by atoms with Crippen molar-refractivity contribution < 1.29 is 19.0 Å². The van der Waals surface area contributed by atoms with Gasteiger partial charge in [-0.3, -0.25) is 4.90 Å². The maximum absolute atomic E-state index is 12.2. The zero-order chi connectivity index (χ0) is 18.8. The lowest BCUT2D eigenvalue weighted by atomic mass is 10.1. The van der Waals surface area contributed by atoms with E-state index >= 15 is 0 Å². The first kappa shape index (κ1) is 17.9. The molecule has 0 spiro atoms. The molecular formula is C18H22N4O4S. The van der Waals surface area contributed by atoms with Gasteiger partial charge in [0.2, 0.25) is 6.79 Å². The van der Waals surface area contributed by atoms with Gasteiger partial charge in [0.15, 0.2) is 27.3 Å². The third-order valence-corrected chi connectivity index (χ3v) is 5.46. The number of anilines is 2. The van der Waals surface area contributed by atoms with E-state index in [0.717, 1.165) is 44.2 Å². The lowest BCUT2D eigenvalue weighted by Crippen LogP contribution is -2.46. The van der Waals surface area contributed by atoms with Gasteiger partial charge >= 0.3 is 5.97 Å². The number of benzene rings is 1. The van der Waals surface area contributed by atoms with Crippen molar-refractivity contribution in [1.29, 1.82) is 0 Å². The van der Waals surface area contributed by atoms with Gasteiger partial charge in [0, 0.05) is 32.7 Å². The molecule has 0 aliphatic carbocycles. The van der Waals surface area contributed by atoms with Crippen LogP contribution in [0.3, 0.4) is 0 Å². The van der Waals surface area contributed by atoms with Gasteiger partial charge < -0.3 is 24.8 Å². The van der Waals surface area contributed by atoms with Crippen LogP contribution in [0.5, 0.6) is 11.5 Å². The summed E-state index contributed by atoms with van der Waals surface area (Å²) >= 11 is 1.18. The summed E-state index contributed by atoms with van der Waals surface area (Å²) in [6.07, 6.45) is 0. The van der Waals surface area contributed by atoms with Crippen LogP contribution < -0.4 is 20.1 Å². The number of hydrogen-bond donors (Lipinski definition) is 1. The van der Waals surface area contributed by atoms with Crippen molar-refractivity contribution in [2.24, 2.45) is 0 Å². The molecule has 8 nitrogen and oxygen atoms in total. The van der Waals surface area contributed by atoms with Crippen LogP contribution in [0.2, 0.25) is 0 Å². The standard InChI is InChI=1S/C18H22N4O4S/c1-2-24-17(23)15-16(20-18(19)27-15)22-7-5-21(6-8-22)10-12-3-4-13-14(9-12)26-11-25-13/h3-4,9H,2,5-8,10-11H2,1H3,(H2,19,20). The van der Waals surface area contributed by atoms with Crippen LogP contribution in [0.25, 0.3) is 0 Å². The molecular weight excluding hydrogens is 368 g/mol. The van der Waals surface area contributed by atoms with Crippen molar-refractivity contribution in [2.45, 2.75) is 13.5 Å². The second-order valence-corrected chi connectivity index (χ2v) is 7.41. The van der Waals surface area contributed by atoms with Gasteiger partial charge in [0.05, 0.1) is 6.61 Å². The minimum Gasteiger partial charge on any atom is -0.462 e. The van der Waals surface area contributed by atoms with E-state index in [1.165, 1.54) is 16.9 Å². The molecule has 1 fully saturated rings. The van der Waals surface area contributed by atoms with E-state index in [0.29, 0.717) is 22.4 Å². The Kier molecular flexibility index (Phi) is 5.04. The molecule has 3 heterocycles. The third kappa shape index (κ3) is 3.79. The maximum Gasteiger partial charge on any atom is 0.352 e. The molecule has 0 amide bonds. The van der Waals surface area contributed by atoms with Gasteiger partial charge in [0.25, 0.3) is 0 Å². The average molecular weight is 390 g/mol. The van der Waals surface area contributed by atoms with Gasteiger partial charge in [-0.05, 0) is 24.6 Å². The number of esters is 1. The van der Waals surface area contributed by atoms with Crippen molar-refractivity contribution in [1.82, 2.24) is 9.88 Å². The van der Waals surface area contributed by atoms with Crippen molar-refractivity contribution in [2.75, 3.05) is 50.2 Å². The SMILES string of the molecule is CCOC(=O)c1sc(N)nc1N1CCN(Cc2ccc3c(c2)OCO3)CC1. The monoisotopic (exact) mass is 390 g/mol. The quantitative estimate of drug-likeness (QED) is 0.775. The number of nitrogens with zero attached hydrogens (tertiary/aromatic N) is 3. The summed E-state index contributed by atoms with van der Waals surface area (Å²) in [5.74, 6) is 1.89. The smallest absolute Gasteiger partial charge is 0.352 e. The molecule has 0 atom stereocenters. The van der Waals surface area contributed by atoms with E-state index in [1.807, 2.05) is 12.1 Å². The Labute approximate surface area is 161 Å². The highest BCUT2D eigenvalue weighted by Gasteiger charge is 2.26. The highest BCUT2D eigenvalue weighted by molar-refractivity contribution is 7.17. The summed E-state index contributed by atoms with van der Waals surface area (Å²) < 4.78 is 15.9. The molecule has 1 aromatic heterocycles. The van der Waals surface area contributed by atoms with Gasteiger partial charge in [-0.25, -0.2) is 9.78 Å². The van der Waals surface area contributed by atoms with E-state index in [4.69, 9.17) is 19.9 Å². The minimum atomic E-state index is -0.357. The molecule has 2 aliphatic heterocycles. The predicted octanol–water partition coefficient (Wildman–Crippen LogP) is 1.95. The summed E-state index contributed by atoms with van der Waals surface area (Å²) in [4.78, 5) is 21.5. The largest absolute Gasteiger partial charge is 0.462 e. The van der Waals surface area contributed by atoms with Gasteiger partial charge in [-0.15, -0.1) is 0 Å². The lowest BCUT2D eigenvalue weighted by Gasteiger charge is -2.35. The zero-order valence-electron chi connectivity index (χ0n) is 15.1. The number of nitrogens with two attached hydrogens (primary N) is 1. The molecule has 0 saturated carbocycles. The van der Waals surface area contributed by atoms with Crippen LogP contribution in [0.1, 0.15) is 22.2 Å². The Morgan fingerprint density at radius 2 is 2.04 bits per heavy atom. The van der Waals surface area contributed by atoms with Crippen LogP contribution in [0.4, 0.5) is 10.9 Å². The number of carbonyl (C=O) groups excluding carboxylic acids is 1. The van der Waals surface area contributed by atoms with Crippen LogP contribution in [-0.4, -0.2) is 55.4 Å². The molecule has 1 aromatic carbocycles. The molecule has 0 unspecified atom stereocenters. The van der Waals surface area contributed by atoms with Crippen LogP contribution >= 0.6 is 11.3 Å². The van der Waals surface area contributed by atoms with Crippen molar-refractivity contribution in [3.63, 3.8) is 0 Å². The molecule has 4 rings (SSSR count). The highest BCUT2D eigenvalue weighted by atomic mass is 32.1. The van der Waals surface area contributed by atoms with Crippen LogP contribution in [0, 0.1) is 0 Å². The van der Waals surface area contributed by atoms with Crippen LogP contribution in [0.15, 0.2) is 18.2 Å². The molecule has 0 radical (unpaired) electrons. The number of fused-ring (bicyclic) bond motifs is 1. The van der Waals surface area contributed by atoms with E-state index < -0.39 is 0 Å². The molecule has 2 aliphatic rings. The fourth-order valence-electron chi connectivity index (χ4n) is 3.29. The molecule has 144 valence electrons. The number of thiazole rings is 1. The van der Waals surface area contributed by atoms with E-state index in [-0.39, 0.29) is 12.8 Å². The highest BCUT2D eigenvalue weighted by Crippen LogP contribution is 2.33. The Bertz CT molecular complexity index is 833. The maximum atomic E-state index is 12.2. The molecule has 9 heteroatoms. The first-order valence-electron chi connectivity index (χ1n) is 8.93. The predicted molar refractivity (Wildman–Crippen MR) is 103 cm³/mol. The third-order valence-electron chi connectivity index (χ3n) is 4.60. The summed E-state index contributed by atoms with van der Waals surface area (Å²) in [5, 5.41) is 0.385. The fraction of sp³-hybridized carbons (Fsp3) is 0.444. The molecule has 1 saturated heterocycles. The number of piperazine rings is 1. The molecule has 27 heavy (non-hydrogen) atoms. The van der Waals surface area contributed by atoms with Gasteiger partial charge in [0.1, 0.15) is 0 Å². The normalized spacial score (nSPS) is 16.6. The zero-order valence-corrected chi connectivity index (χ0v) is 16.0. The Balaban J connectivity index is 1.39. The lowest BCUT2D eigenvalue weighted by molar-refractivity contribution is 0.0532. The second kappa shape index (κ2) is 7.61. The summed E-state index contributed by atoms with van der Waals surface area (Å²) in [6, 6.07) is 6.06. The second-order valence-electron chi connectivity index (χ2n) is 6.38. The summed E-state index contributed by atoms with van der Waals surface area (Å²) in [6.45, 7) is 6.55. The first-order valence-corrected chi connectivity index (χ1v) is 9.75. The number of nitrogen functional groups attached to an aromatic ring is 1. The van der Waals surface area contributed by atoms with E-state index in [1.54, 1.807) is 6.92 Å². The number of ether oxygens (including phenoxy) is 3. The van der Waals surface area contributed by atoms with Crippen LogP contribution in [-0.2, 0) is 11.3 Å². The summed E-state index contributed by atoms with van der Waals surface area (Å²) in [5.41, 5.74) is 7.03. The Hall–Kier alpha value is -2.52. The van der Waals surface area contributed by atoms with Crippen molar-refractivity contribution >= 4 is 28.3 Å². The van der Waals surface area contributed by atoms with Crippen molar-refractivity contribution in [3.05, 3.63) is 28.6 Å². The van der Waals surface area contributed by atoms with E-state index in [9.17, 15) is 4.79 Å². The molecule has 0 bridgehead atoms. The number of carbonyl (C=O) groups is 1. The number of aromatic nitrogens is 1. The topological polar surface area (TPSA) is 90.2 Å². The average Bonchev–Trinajstić information content (AvgIpc) is 3.28. The van der Waals surface area contributed by atoms with Crippen molar-refractivity contribution in [3.8, 4) is 11.5 Å². The summed E-state index contributed by atoms with van der Waals surface area (Å²) in [7, 11) is 0. The first-order chi connectivity index (χ1) is 13.1. The van der Waals surface area contributed by atoms with Gasteiger partial charge in [-0.2, -0.15) is 0 Å². The van der Waals surface area contributed by atoms with Gasteiger partial charge in [-0.1, -0.05) is 17.4 Å². The van der Waals surface area contributed by atoms with E-state index in [2.05, 4.69) is 20.9 Å².